The van der Waals surface area contributed by atoms with Crippen LogP contribution in [0, 0.1) is 0 Å². The molecule has 12 heteroatoms. The van der Waals surface area contributed by atoms with E-state index in [0.717, 1.165) is 6.26 Å². The summed E-state index contributed by atoms with van der Waals surface area (Å²) in [5.41, 5.74) is 2.20. The van der Waals surface area contributed by atoms with Crippen molar-refractivity contribution in [1.29, 1.82) is 0 Å². The summed E-state index contributed by atoms with van der Waals surface area (Å²) in [6.45, 7) is 0. The molecule has 0 bridgehead atoms. The largest absolute Gasteiger partial charge is 0.280 e. The number of rotatable bonds is 6. The zero-order valence-corrected chi connectivity index (χ0v) is 18.2. The number of hydrogen-bond donors (Lipinski definition) is 4. The molecule has 1 heterocycles. The Bertz CT molecular complexity index is 1510. The van der Waals surface area contributed by atoms with Gasteiger partial charge in [-0.2, -0.15) is 5.10 Å². The molecule has 0 aliphatic heterocycles. The van der Waals surface area contributed by atoms with Crippen LogP contribution < -0.4 is 9.95 Å². The second kappa shape index (κ2) is 7.91. The van der Waals surface area contributed by atoms with Crippen LogP contribution in [0.25, 0.3) is 22.2 Å². The number of nitrogens with one attached hydrogen (secondary N) is 2. The summed E-state index contributed by atoms with van der Waals surface area (Å²) in [6, 6.07) is 16.3. The van der Waals surface area contributed by atoms with E-state index in [1.807, 2.05) is 0 Å². The van der Waals surface area contributed by atoms with Crippen molar-refractivity contribution in [2.45, 2.75) is 9.79 Å². The second-order valence-electron chi connectivity index (χ2n) is 6.99. The molecule has 0 aliphatic rings. The van der Waals surface area contributed by atoms with E-state index >= 15 is 0 Å². The molecule has 0 saturated carbocycles. The summed E-state index contributed by atoms with van der Waals surface area (Å²) in [5.74, 6) is 0. The van der Waals surface area contributed by atoms with Gasteiger partial charge in [0.15, 0.2) is 9.84 Å². The average Bonchev–Trinajstić information content (AvgIpc) is 3.16. The first-order chi connectivity index (χ1) is 15.1. The van der Waals surface area contributed by atoms with Gasteiger partial charge in [0.05, 0.1) is 21.8 Å². The van der Waals surface area contributed by atoms with Crippen molar-refractivity contribution in [3.63, 3.8) is 0 Å². The summed E-state index contributed by atoms with van der Waals surface area (Å²) in [4.78, 5) is -0.636. The number of hydrogen-bond acceptors (Lipinski definition) is 8. The van der Waals surface area contributed by atoms with E-state index in [9.17, 15) is 16.8 Å². The fourth-order valence-electron chi connectivity index (χ4n) is 3.24. The Morgan fingerprint density at radius 3 is 2.19 bits per heavy atom. The van der Waals surface area contributed by atoms with Gasteiger partial charge in [-0.1, -0.05) is 24.3 Å². The molecular weight excluding hydrogens is 456 g/mol. The highest BCUT2D eigenvalue weighted by atomic mass is 32.2. The average molecular weight is 475 g/mol. The van der Waals surface area contributed by atoms with E-state index < -0.39 is 19.9 Å². The summed E-state index contributed by atoms with van der Waals surface area (Å²) in [6.07, 6.45) is 0.948. The van der Waals surface area contributed by atoms with Crippen LogP contribution in [0.2, 0.25) is 0 Å². The van der Waals surface area contributed by atoms with Crippen molar-refractivity contribution in [3.05, 3.63) is 66.7 Å². The number of sulfone groups is 1. The lowest BCUT2D eigenvalue weighted by atomic mass is 10.1. The highest BCUT2D eigenvalue weighted by Gasteiger charge is 2.24. The number of H-pyrrole nitrogens is 1. The Kier molecular flexibility index (Phi) is 5.38. The molecule has 0 saturated heterocycles. The summed E-state index contributed by atoms with van der Waals surface area (Å²) >= 11 is 0. The van der Waals surface area contributed by atoms with E-state index in [0.29, 0.717) is 22.2 Å². The summed E-state index contributed by atoms with van der Waals surface area (Å²) in [5, 5.41) is 25.9. The summed E-state index contributed by atoms with van der Waals surface area (Å²) in [7, 11) is -7.95. The van der Waals surface area contributed by atoms with Crippen LogP contribution in [0.5, 0.6) is 0 Å². The van der Waals surface area contributed by atoms with Gasteiger partial charge < -0.3 is 0 Å². The van der Waals surface area contributed by atoms with Crippen molar-refractivity contribution < 1.29 is 27.3 Å². The third-order valence-corrected chi connectivity index (χ3v) is 7.45. The molecule has 0 amide bonds. The lowest BCUT2D eigenvalue weighted by molar-refractivity contribution is 0.0291. The Morgan fingerprint density at radius 2 is 1.56 bits per heavy atom. The molecule has 3 aromatic carbocycles. The van der Waals surface area contributed by atoms with Gasteiger partial charge in [-0.3, -0.25) is 20.2 Å². The fraction of sp³-hybridized carbons (Fsp3) is 0.0500. The maximum Gasteiger partial charge on any atom is 0.263 e. The van der Waals surface area contributed by atoms with Crippen molar-refractivity contribution in [2.24, 2.45) is 0 Å². The normalized spacial score (nSPS) is 12.1. The smallest absolute Gasteiger partial charge is 0.263 e. The molecule has 0 aliphatic carbocycles. The molecule has 10 nitrogen and oxygen atoms in total. The van der Waals surface area contributed by atoms with Gasteiger partial charge in [0.25, 0.3) is 10.0 Å². The Balaban J connectivity index is 1.73. The molecule has 0 spiro atoms. The monoisotopic (exact) mass is 474 g/mol. The molecule has 4 N–H and O–H groups in total. The van der Waals surface area contributed by atoms with Gasteiger partial charge in [0.1, 0.15) is 4.90 Å². The molecule has 32 heavy (non-hydrogen) atoms. The Morgan fingerprint density at radius 1 is 0.906 bits per heavy atom. The zero-order valence-electron chi connectivity index (χ0n) is 16.6. The van der Waals surface area contributed by atoms with Crippen LogP contribution in [0.1, 0.15) is 0 Å². The minimum atomic E-state index is -4.19. The number of aromatic nitrogens is 2. The first kappa shape index (κ1) is 21.8. The van der Waals surface area contributed by atoms with Crippen LogP contribution in [-0.4, -0.2) is 43.7 Å². The third-order valence-electron chi connectivity index (χ3n) is 4.72. The van der Waals surface area contributed by atoms with Crippen LogP contribution in [-0.2, 0) is 19.9 Å². The Labute approximate surface area is 183 Å². The highest BCUT2D eigenvalue weighted by Crippen LogP contribution is 2.31. The minimum absolute atomic E-state index is 0.00629. The van der Waals surface area contributed by atoms with Crippen molar-refractivity contribution >= 4 is 42.1 Å². The predicted octanol–water partition coefficient (Wildman–Crippen LogP) is 3.02. The second-order valence-corrected chi connectivity index (χ2v) is 10.6. The van der Waals surface area contributed by atoms with Gasteiger partial charge in [0.2, 0.25) is 0 Å². The van der Waals surface area contributed by atoms with E-state index in [4.69, 9.17) is 10.4 Å². The van der Waals surface area contributed by atoms with E-state index in [1.165, 1.54) is 42.5 Å². The van der Waals surface area contributed by atoms with Crippen LogP contribution in [0.15, 0.2) is 76.5 Å². The zero-order chi connectivity index (χ0) is 23.1. The maximum atomic E-state index is 12.9. The number of anilines is 2. The molecule has 166 valence electrons. The third kappa shape index (κ3) is 4.16. The minimum Gasteiger partial charge on any atom is -0.280 e. The number of aromatic amines is 1. The quantitative estimate of drug-likeness (QED) is 0.311. The molecule has 4 rings (SSSR count). The van der Waals surface area contributed by atoms with Gasteiger partial charge >= 0.3 is 0 Å². The topological polar surface area (TPSA) is 153 Å². The van der Waals surface area contributed by atoms with E-state index in [2.05, 4.69) is 14.9 Å². The molecule has 0 fully saturated rings. The van der Waals surface area contributed by atoms with Crippen molar-refractivity contribution in [3.8, 4) is 11.3 Å². The highest BCUT2D eigenvalue weighted by molar-refractivity contribution is 7.95. The fourth-order valence-corrected chi connectivity index (χ4v) is 5.92. The van der Waals surface area contributed by atoms with Crippen LogP contribution in [0.4, 0.5) is 11.4 Å². The molecule has 1 aromatic heterocycles. The van der Waals surface area contributed by atoms with Gasteiger partial charge in [-0.05, 0) is 42.5 Å². The van der Waals surface area contributed by atoms with Crippen molar-refractivity contribution in [1.82, 2.24) is 10.2 Å². The standard InChI is InChI=1S/C20H18N4O6S2/c1-31(27,28)18-4-2-3-5-19(18)32(29,30)23-14-8-11-17-16(12-14)20(22-21-17)13-6-9-15(10-7-13)24(25)26/h2-12,23,25-26H,1H3,(H,21,22). The van der Waals surface area contributed by atoms with Gasteiger partial charge in [-0.25, -0.2) is 16.8 Å². The van der Waals surface area contributed by atoms with E-state index in [-0.39, 0.29) is 26.4 Å². The lowest BCUT2D eigenvalue weighted by Gasteiger charge is -2.11. The van der Waals surface area contributed by atoms with Crippen LogP contribution >= 0.6 is 0 Å². The summed E-state index contributed by atoms with van der Waals surface area (Å²) < 4.78 is 52.4. The van der Waals surface area contributed by atoms with Gasteiger partial charge in [-0.15, -0.1) is 5.23 Å². The molecular formula is C20H18N4O6S2. The lowest BCUT2D eigenvalue weighted by Crippen LogP contribution is -2.16. The van der Waals surface area contributed by atoms with Crippen LogP contribution in [0.3, 0.4) is 0 Å². The van der Waals surface area contributed by atoms with Crippen molar-refractivity contribution in [2.75, 3.05) is 16.2 Å². The van der Waals surface area contributed by atoms with E-state index in [1.54, 1.807) is 24.3 Å². The first-order valence-electron chi connectivity index (χ1n) is 9.14. The molecule has 0 unspecified atom stereocenters. The molecule has 0 atom stereocenters. The number of sulfonamides is 1. The SMILES string of the molecule is CS(=O)(=O)c1ccccc1S(=O)(=O)Nc1ccc2[nH]nc(-c3ccc(N(O)O)cc3)c2c1. The number of fused-ring (bicyclic) bond motifs is 1. The number of nitrogens with zero attached hydrogens (tertiary/aromatic N) is 2. The predicted molar refractivity (Wildman–Crippen MR) is 118 cm³/mol. The molecule has 4 aromatic rings. The molecule has 0 radical (unpaired) electrons. The maximum absolute atomic E-state index is 12.9. The Hall–Kier alpha value is -3.45. The first-order valence-corrected chi connectivity index (χ1v) is 12.5. The number of benzene rings is 3. The van der Waals surface area contributed by atoms with Gasteiger partial charge in [0, 0.05) is 22.9 Å².